The van der Waals surface area contributed by atoms with Gasteiger partial charge in [0.15, 0.2) is 5.96 Å². The van der Waals surface area contributed by atoms with Crippen molar-refractivity contribution in [1.29, 1.82) is 0 Å². The first-order valence-corrected chi connectivity index (χ1v) is 7.92. The van der Waals surface area contributed by atoms with Crippen molar-refractivity contribution >= 4 is 39.9 Å². The lowest BCUT2D eigenvalue weighted by atomic mass is 10.3. The number of aliphatic imine (C=N–C) groups is 1. The molecule has 0 spiro atoms. The van der Waals surface area contributed by atoms with Gasteiger partial charge < -0.3 is 10.6 Å². The van der Waals surface area contributed by atoms with E-state index >= 15 is 0 Å². The van der Waals surface area contributed by atoms with Crippen molar-refractivity contribution in [2.45, 2.75) is 26.7 Å². The van der Waals surface area contributed by atoms with Gasteiger partial charge in [-0.3, -0.25) is 4.99 Å². The second kappa shape index (κ2) is 8.74. The van der Waals surface area contributed by atoms with Crippen LogP contribution in [0.1, 0.15) is 25.1 Å². The maximum absolute atomic E-state index is 4.46. The molecule has 0 saturated heterocycles. The van der Waals surface area contributed by atoms with Crippen molar-refractivity contribution in [3.05, 3.63) is 19.9 Å². The molecule has 5 heteroatoms. The lowest BCUT2D eigenvalue weighted by molar-refractivity contribution is 0.798. The molecule has 1 rings (SSSR count). The van der Waals surface area contributed by atoms with Crippen LogP contribution in [0.2, 0.25) is 0 Å². The third kappa shape index (κ3) is 6.26. The van der Waals surface area contributed by atoms with E-state index in [1.807, 2.05) is 11.3 Å². The van der Waals surface area contributed by atoms with Gasteiger partial charge in [0.1, 0.15) is 0 Å². The molecule has 0 atom stereocenters. The van der Waals surface area contributed by atoms with Gasteiger partial charge in [-0.25, -0.2) is 0 Å². The highest BCUT2D eigenvalue weighted by atomic mass is 127. The van der Waals surface area contributed by atoms with Crippen LogP contribution in [0, 0.1) is 2.88 Å². The Morgan fingerprint density at radius 2 is 2.18 bits per heavy atom. The van der Waals surface area contributed by atoms with Crippen LogP contribution in [0.3, 0.4) is 0 Å². The maximum Gasteiger partial charge on any atom is 0.191 e. The van der Waals surface area contributed by atoms with Crippen LogP contribution in [0.4, 0.5) is 0 Å². The normalized spacial score (nSPS) is 11.6. The van der Waals surface area contributed by atoms with Crippen molar-refractivity contribution in [1.82, 2.24) is 10.6 Å². The van der Waals surface area contributed by atoms with E-state index in [4.69, 9.17) is 0 Å². The van der Waals surface area contributed by atoms with Crippen molar-refractivity contribution in [3.8, 4) is 0 Å². The van der Waals surface area contributed by atoms with Gasteiger partial charge in [-0.05, 0) is 54.5 Å². The molecule has 1 aromatic rings. The third-order valence-electron chi connectivity index (χ3n) is 2.13. The highest BCUT2D eigenvalue weighted by molar-refractivity contribution is 14.1. The molecular formula is C12H20IN3S. The van der Waals surface area contributed by atoms with Gasteiger partial charge in [0, 0.05) is 24.5 Å². The second-order valence-corrected chi connectivity index (χ2v) is 6.71. The molecule has 0 fully saturated rings. The van der Waals surface area contributed by atoms with Crippen LogP contribution < -0.4 is 10.6 Å². The summed E-state index contributed by atoms with van der Waals surface area (Å²) in [7, 11) is 0. The second-order valence-electron chi connectivity index (χ2n) is 3.64. The van der Waals surface area contributed by atoms with E-state index in [1.165, 1.54) is 7.76 Å². The Kier molecular flexibility index (Phi) is 7.59. The van der Waals surface area contributed by atoms with Crippen molar-refractivity contribution in [3.63, 3.8) is 0 Å². The largest absolute Gasteiger partial charge is 0.357 e. The SMILES string of the molecule is CCCN=C(NCC)NCCc1ccc(I)s1. The Labute approximate surface area is 121 Å². The summed E-state index contributed by atoms with van der Waals surface area (Å²) in [6.07, 6.45) is 2.14. The third-order valence-corrected chi connectivity index (χ3v) is 4.08. The van der Waals surface area contributed by atoms with Gasteiger partial charge in [-0.2, -0.15) is 0 Å². The summed E-state index contributed by atoms with van der Waals surface area (Å²) in [6, 6.07) is 4.36. The lowest BCUT2D eigenvalue weighted by Gasteiger charge is -2.10. The highest BCUT2D eigenvalue weighted by Gasteiger charge is 1.99. The Hall–Kier alpha value is -0.300. The Bertz CT molecular complexity index is 349. The number of halogens is 1. The van der Waals surface area contributed by atoms with Crippen LogP contribution in [0.5, 0.6) is 0 Å². The lowest BCUT2D eigenvalue weighted by Crippen LogP contribution is -2.38. The molecule has 0 aliphatic carbocycles. The molecule has 0 aliphatic rings. The summed E-state index contributed by atoms with van der Waals surface area (Å²) in [5.41, 5.74) is 0. The molecule has 0 aliphatic heterocycles. The van der Waals surface area contributed by atoms with Crippen molar-refractivity contribution < 1.29 is 0 Å². The van der Waals surface area contributed by atoms with Crippen LogP contribution in [-0.2, 0) is 6.42 Å². The standard InChI is InChI=1S/C12H20IN3S/c1-3-8-15-12(14-4-2)16-9-7-10-5-6-11(13)17-10/h5-6H,3-4,7-9H2,1-2H3,(H2,14,15,16). The van der Waals surface area contributed by atoms with E-state index in [2.05, 4.69) is 64.2 Å². The zero-order valence-electron chi connectivity index (χ0n) is 10.4. The molecule has 2 N–H and O–H groups in total. The zero-order chi connectivity index (χ0) is 12.5. The summed E-state index contributed by atoms with van der Waals surface area (Å²) in [5.74, 6) is 0.931. The average Bonchev–Trinajstić information content (AvgIpc) is 2.72. The van der Waals surface area contributed by atoms with Crippen LogP contribution in [0.25, 0.3) is 0 Å². The van der Waals surface area contributed by atoms with Gasteiger partial charge in [0.05, 0.1) is 2.88 Å². The predicted molar refractivity (Wildman–Crippen MR) is 85.0 cm³/mol. The minimum absolute atomic E-state index is 0.881. The molecule has 0 saturated carbocycles. The van der Waals surface area contributed by atoms with E-state index in [0.717, 1.165) is 38.4 Å². The smallest absolute Gasteiger partial charge is 0.191 e. The topological polar surface area (TPSA) is 36.4 Å². The fraction of sp³-hybridized carbons (Fsp3) is 0.583. The Morgan fingerprint density at radius 3 is 2.76 bits per heavy atom. The van der Waals surface area contributed by atoms with E-state index in [0.29, 0.717) is 0 Å². The molecule has 17 heavy (non-hydrogen) atoms. The van der Waals surface area contributed by atoms with Crippen LogP contribution in [0.15, 0.2) is 17.1 Å². The molecule has 1 heterocycles. The number of nitrogens with one attached hydrogen (secondary N) is 2. The number of rotatable bonds is 6. The minimum atomic E-state index is 0.881. The number of hydrogen-bond donors (Lipinski definition) is 2. The van der Waals surface area contributed by atoms with Crippen molar-refractivity contribution in [2.24, 2.45) is 4.99 Å². The molecule has 96 valence electrons. The number of nitrogens with zero attached hydrogens (tertiary/aromatic N) is 1. The molecule has 3 nitrogen and oxygen atoms in total. The molecule has 1 aromatic heterocycles. The van der Waals surface area contributed by atoms with Gasteiger partial charge in [-0.15, -0.1) is 11.3 Å². The van der Waals surface area contributed by atoms with E-state index in [9.17, 15) is 0 Å². The minimum Gasteiger partial charge on any atom is -0.357 e. The van der Waals surface area contributed by atoms with E-state index in [-0.39, 0.29) is 0 Å². The van der Waals surface area contributed by atoms with Crippen molar-refractivity contribution in [2.75, 3.05) is 19.6 Å². The summed E-state index contributed by atoms with van der Waals surface area (Å²) in [5, 5.41) is 6.61. The quantitative estimate of drug-likeness (QED) is 0.462. The predicted octanol–water partition coefficient (Wildman–Crippen LogP) is 2.86. The van der Waals surface area contributed by atoms with E-state index < -0.39 is 0 Å². The van der Waals surface area contributed by atoms with Gasteiger partial charge in [0.25, 0.3) is 0 Å². The average molecular weight is 365 g/mol. The number of hydrogen-bond acceptors (Lipinski definition) is 2. The maximum atomic E-state index is 4.46. The molecule has 0 amide bonds. The van der Waals surface area contributed by atoms with Gasteiger partial charge in [-0.1, -0.05) is 6.92 Å². The zero-order valence-corrected chi connectivity index (χ0v) is 13.4. The monoisotopic (exact) mass is 365 g/mol. The first kappa shape index (κ1) is 14.8. The highest BCUT2D eigenvalue weighted by Crippen LogP contribution is 2.18. The summed E-state index contributed by atoms with van der Waals surface area (Å²) >= 11 is 4.22. The molecule has 0 unspecified atom stereocenters. The summed E-state index contributed by atoms with van der Waals surface area (Å²) < 4.78 is 1.35. The van der Waals surface area contributed by atoms with E-state index in [1.54, 1.807) is 0 Å². The van der Waals surface area contributed by atoms with Crippen LogP contribution in [-0.4, -0.2) is 25.6 Å². The number of thiophene rings is 1. The first-order chi connectivity index (χ1) is 8.26. The first-order valence-electron chi connectivity index (χ1n) is 6.02. The Balaban J connectivity index is 2.31. The summed E-state index contributed by atoms with van der Waals surface area (Å²) in [4.78, 5) is 5.89. The fourth-order valence-electron chi connectivity index (χ4n) is 1.36. The van der Waals surface area contributed by atoms with Gasteiger partial charge in [0.2, 0.25) is 0 Å². The number of guanidine groups is 1. The van der Waals surface area contributed by atoms with Gasteiger partial charge >= 0.3 is 0 Å². The van der Waals surface area contributed by atoms with Crippen LogP contribution >= 0.6 is 33.9 Å². The molecule has 0 radical (unpaired) electrons. The molecular weight excluding hydrogens is 345 g/mol. The Morgan fingerprint density at radius 1 is 1.35 bits per heavy atom. The summed E-state index contributed by atoms with van der Waals surface area (Å²) in [6.45, 7) is 6.95. The fourth-order valence-corrected chi connectivity index (χ4v) is 3.11. The molecule has 0 bridgehead atoms. The molecule has 0 aromatic carbocycles.